The Kier molecular flexibility index (Phi) is 3.99. The number of fused-ring (bicyclic) bond motifs is 2. The molecule has 0 aromatic heterocycles. The van der Waals surface area contributed by atoms with Gasteiger partial charge < -0.3 is 0 Å². The minimum atomic E-state index is -4.37. The number of alkyl halides is 3. The first-order chi connectivity index (χ1) is 10.4. The van der Waals surface area contributed by atoms with Gasteiger partial charge in [-0.05, 0) is 24.1 Å². The van der Waals surface area contributed by atoms with E-state index in [1.807, 2.05) is 24.5 Å². The van der Waals surface area contributed by atoms with E-state index in [1.165, 1.54) is 6.07 Å². The second kappa shape index (κ2) is 5.66. The van der Waals surface area contributed by atoms with Gasteiger partial charge in [0.05, 0.1) is 10.9 Å². The molecule has 1 unspecified atom stereocenters. The summed E-state index contributed by atoms with van der Waals surface area (Å²) in [6, 6.07) is 3.67. The van der Waals surface area contributed by atoms with Crippen LogP contribution in [-0.4, -0.2) is 4.86 Å². The zero-order chi connectivity index (χ0) is 15.9. The van der Waals surface area contributed by atoms with Gasteiger partial charge in [-0.3, -0.25) is 0 Å². The molecule has 0 amide bonds. The van der Waals surface area contributed by atoms with Gasteiger partial charge in [-0.25, -0.2) is 4.40 Å². The molecule has 1 aliphatic carbocycles. The predicted octanol–water partition coefficient (Wildman–Crippen LogP) is 3.99. The van der Waals surface area contributed by atoms with Crippen LogP contribution in [0, 0.1) is 5.92 Å². The van der Waals surface area contributed by atoms with E-state index in [1.54, 1.807) is 0 Å². The highest BCUT2D eigenvalue weighted by molar-refractivity contribution is 8.00. The third kappa shape index (κ3) is 2.65. The van der Waals surface area contributed by atoms with Crippen LogP contribution in [0.4, 0.5) is 13.2 Å². The smallest absolute Gasteiger partial charge is 0.211 e. The molecular weight excluding hydrogens is 327 g/mol. The first-order valence-corrected chi connectivity index (χ1v) is 8.04. The lowest BCUT2D eigenvalue weighted by Crippen LogP contribution is -2.32. The molecule has 6 heteroatoms. The second-order valence-electron chi connectivity index (χ2n) is 5.11. The third-order valence-electron chi connectivity index (χ3n) is 3.74. The lowest BCUT2D eigenvalue weighted by atomic mass is 9.85. The van der Waals surface area contributed by atoms with Gasteiger partial charge in [-0.15, -0.1) is 0 Å². The molecule has 3 rings (SSSR count). The molecule has 22 heavy (non-hydrogen) atoms. The van der Waals surface area contributed by atoms with Crippen molar-refractivity contribution >= 4 is 34.6 Å². The maximum absolute atomic E-state index is 12.9. The average molecular weight is 339 g/mol. The number of allylic oxidation sites excluding steroid dienone is 3. The topological polar surface area (TPSA) is 12.4 Å². The van der Waals surface area contributed by atoms with Crippen LogP contribution in [0.5, 0.6) is 0 Å². The van der Waals surface area contributed by atoms with Crippen LogP contribution in [-0.2, 0) is 6.18 Å². The summed E-state index contributed by atoms with van der Waals surface area (Å²) in [6.07, 6.45) is 0.523. The van der Waals surface area contributed by atoms with Crippen molar-refractivity contribution in [3.05, 3.63) is 57.5 Å². The summed E-state index contributed by atoms with van der Waals surface area (Å²) in [4.78, 5) is 0.773. The summed E-state index contributed by atoms with van der Waals surface area (Å²) in [6.45, 7) is 2.04. The molecule has 1 nitrogen and oxygen atoms in total. The number of hydrogen-bond acceptors (Lipinski definition) is 3. The van der Waals surface area contributed by atoms with Crippen molar-refractivity contribution in [2.24, 2.45) is 10.3 Å². The van der Waals surface area contributed by atoms with E-state index < -0.39 is 11.7 Å². The summed E-state index contributed by atoms with van der Waals surface area (Å²) in [5, 5.41) is 2.84. The van der Waals surface area contributed by atoms with E-state index in [4.69, 9.17) is 12.2 Å². The predicted molar refractivity (Wildman–Crippen MR) is 86.8 cm³/mol. The molecule has 0 bridgehead atoms. The van der Waals surface area contributed by atoms with Gasteiger partial charge in [0.25, 0.3) is 0 Å². The monoisotopic (exact) mass is 339 g/mol. The van der Waals surface area contributed by atoms with Crippen LogP contribution < -0.4 is 10.6 Å². The highest BCUT2D eigenvalue weighted by Gasteiger charge is 2.31. The molecular formula is C16H12F3NS2. The lowest BCUT2D eigenvalue weighted by Gasteiger charge is -2.21. The molecule has 1 aliphatic heterocycles. The number of thiocarbonyl (C=S) groups is 1. The number of halogens is 3. The molecule has 0 fully saturated rings. The molecule has 0 saturated heterocycles. The van der Waals surface area contributed by atoms with E-state index in [9.17, 15) is 13.2 Å². The number of nitrogens with zero attached hydrogens (tertiary/aromatic N) is 1. The molecule has 0 saturated carbocycles. The van der Waals surface area contributed by atoms with Gasteiger partial charge in [-0.2, -0.15) is 13.2 Å². The zero-order valence-electron chi connectivity index (χ0n) is 11.6. The molecule has 1 heterocycles. The molecule has 1 aromatic rings. The highest BCUT2D eigenvalue weighted by atomic mass is 32.2. The van der Waals surface area contributed by atoms with Crippen LogP contribution in [0.15, 0.2) is 45.7 Å². The van der Waals surface area contributed by atoms with Crippen LogP contribution in [0.1, 0.15) is 18.9 Å². The Morgan fingerprint density at radius 1 is 1.32 bits per heavy atom. The molecule has 0 radical (unpaired) electrons. The Morgan fingerprint density at radius 2 is 2.09 bits per heavy atom. The SMILES string of the molecule is CCC1C=CC2=CSN=c3cc(C(F)(F)F)ccc3=C2C1=S. The van der Waals surface area contributed by atoms with E-state index in [2.05, 4.69) is 4.40 Å². The fourth-order valence-electron chi connectivity index (χ4n) is 2.56. The number of hydrogen-bond donors (Lipinski definition) is 0. The summed E-state index contributed by atoms with van der Waals surface area (Å²) in [7, 11) is 0. The van der Waals surface area contributed by atoms with Gasteiger partial charge in [0, 0.05) is 38.9 Å². The van der Waals surface area contributed by atoms with Crippen LogP contribution in [0.2, 0.25) is 0 Å². The van der Waals surface area contributed by atoms with Crippen LogP contribution in [0.25, 0.3) is 5.57 Å². The normalized spacial score (nSPS) is 20.7. The summed E-state index contributed by atoms with van der Waals surface area (Å²) >= 11 is 6.70. The van der Waals surface area contributed by atoms with Crippen molar-refractivity contribution in [3.8, 4) is 0 Å². The average Bonchev–Trinajstić information content (AvgIpc) is 2.65. The van der Waals surface area contributed by atoms with Gasteiger partial charge in [0.2, 0.25) is 0 Å². The Hall–Kier alpha value is -1.40. The summed E-state index contributed by atoms with van der Waals surface area (Å²) in [5.74, 6) is 0.139. The highest BCUT2D eigenvalue weighted by Crippen LogP contribution is 2.31. The zero-order valence-corrected chi connectivity index (χ0v) is 13.3. The number of benzene rings is 1. The van der Waals surface area contributed by atoms with E-state index in [-0.39, 0.29) is 5.92 Å². The van der Waals surface area contributed by atoms with Gasteiger partial charge in [-0.1, -0.05) is 37.4 Å². The molecule has 0 spiro atoms. The van der Waals surface area contributed by atoms with Crippen molar-refractivity contribution in [2.45, 2.75) is 19.5 Å². The number of rotatable bonds is 1. The molecule has 1 aromatic carbocycles. The van der Waals surface area contributed by atoms with E-state index in [0.717, 1.165) is 46.5 Å². The van der Waals surface area contributed by atoms with Crippen molar-refractivity contribution in [2.75, 3.05) is 0 Å². The summed E-state index contributed by atoms with van der Waals surface area (Å²) < 4.78 is 42.8. The Labute approximate surface area is 135 Å². The second-order valence-corrected chi connectivity index (χ2v) is 6.18. The maximum Gasteiger partial charge on any atom is 0.416 e. The van der Waals surface area contributed by atoms with Gasteiger partial charge in [0.15, 0.2) is 0 Å². The first-order valence-electron chi connectivity index (χ1n) is 6.80. The van der Waals surface area contributed by atoms with Crippen molar-refractivity contribution in [1.82, 2.24) is 0 Å². The minimum absolute atomic E-state index is 0.139. The van der Waals surface area contributed by atoms with Gasteiger partial charge in [0.1, 0.15) is 0 Å². The standard InChI is InChI=1S/C16H12F3NS2/c1-2-9-3-4-10-8-22-20-13-7-11(16(17,18)19)5-6-12(13)14(10)15(9)21/h3-9H,2H2,1H3. The van der Waals surface area contributed by atoms with Crippen molar-refractivity contribution in [1.29, 1.82) is 0 Å². The molecule has 0 N–H and O–H groups in total. The third-order valence-corrected chi connectivity index (χ3v) is 4.91. The van der Waals surface area contributed by atoms with Gasteiger partial charge >= 0.3 is 6.18 Å². The Bertz CT molecular complexity index is 819. The molecule has 1 atom stereocenters. The fourth-order valence-corrected chi connectivity index (χ4v) is 3.66. The Morgan fingerprint density at radius 3 is 2.77 bits per heavy atom. The quantitative estimate of drug-likeness (QED) is 0.567. The summed E-state index contributed by atoms with van der Waals surface area (Å²) in [5.41, 5.74) is 1.06. The maximum atomic E-state index is 12.9. The molecule has 114 valence electrons. The minimum Gasteiger partial charge on any atom is -0.211 e. The fraction of sp³-hybridized carbons (Fsp3) is 0.250. The largest absolute Gasteiger partial charge is 0.416 e. The Balaban J connectivity index is 2.30. The van der Waals surface area contributed by atoms with E-state index >= 15 is 0 Å². The van der Waals surface area contributed by atoms with Crippen molar-refractivity contribution in [3.63, 3.8) is 0 Å². The first kappa shape index (κ1) is 15.5. The van der Waals surface area contributed by atoms with Crippen molar-refractivity contribution < 1.29 is 13.2 Å². The molecule has 2 aliphatic rings. The van der Waals surface area contributed by atoms with Crippen LogP contribution in [0.3, 0.4) is 0 Å². The van der Waals surface area contributed by atoms with E-state index in [0.29, 0.717) is 10.6 Å². The lowest BCUT2D eigenvalue weighted by molar-refractivity contribution is -0.137. The van der Waals surface area contributed by atoms with Crippen LogP contribution >= 0.6 is 24.2 Å².